The number of nitrogens with one attached hydrogen (secondary N) is 3. The molecule has 19 nitrogen and oxygen atoms in total. The van der Waals surface area contributed by atoms with Gasteiger partial charge in [0.25, 0.3) is 17.7 Å². The van der Waals surface area contributed by atoms with Gasteiger partial charge in [-0.15, -0.1) is 0 Å². The van der Waals surface area contributed by atoms with Crippen LogP contribution in [-0.2, 0) is 23.9 Å². The molecule has 68 heavy (non-hydrogen) atoms. The molecule has 0 radical (unpaired) electrons. The number of imide groups is 2. The monoisotopic (exact) mass is 924 g/mol. The van der Waals surface area contributed by atoms with Crippen molar-refractivity contribution in [2.45, 2.75) is 25.3 Å². The minimum absolute atomic E-state index is 0.00571. The van der Waals surface area contributed by atoms with Gasteiger partial charge in [0, 0.05) is 69.0 Å². The Morgan fingerprint density at radius 2 is 1.69 bits per heavy atom. The molecule has 0 spiro atoms. The maximum Gasteiger partial charge on any atom is 0.274 e. The van der Waals surface area contributed by atoms with E-state index < -0.39 is 41.4 Å². The maximum atomic E-state index is 14.9. The summed E-state index contributed by atoms with van der Waals surface area (Å²) in [6, 6.07) is 16.5. The fourth-order valence-electron chi connectivity index (χ4n) is 8.14. The standard InChI is InChI=1S/C48H45FN10O9/c1-50-35-12-15-51-28-33(35)29-6-9-36(55-45(62)37-13-16-53-44(54-37)43-34(49)4-3-5-40(43)66-2)39(26-29)57-18-20-58(21-19-57)42(61)14-22-67-24-25-68-23-17-52-30-7-8-31-32(27-30)48(65)59(47(31)64)38-10-11-41(60)56-46(38)63/h3-9,12-13,15-16,26-28,38,52H,10-11,14,17-25H2,2H3,(H,55,62)(H,56,60,63). The van der Waals surface area contributed by atoms with Crippen LogP contribution in [0.1, 0.15) is 50.5 Å². The summed E-state index contributed by atoms with van der Waals surface area (Å²) in [5.74, 6) is -3.31. The Kier molecular flexibility index (Phi) is 14.3. The zero-order valence-electron chi connectivity index (χ0n) is 36.8. The van der Waals surface area contributed by atoms with Crippen molar-refractivity contribution in [3.05, 3.63) is 119 Å². The number of pyridine rings is 1. The Hall–Kier alpha value is -8.15. The molecule has 2 fully saturated rings. The second-order valence-electron chi connectivity index (χ2n) is 15.8. The lowest BCUT2D eigenvalue weighted by Gasteiger charge is -2.37. The van der Waals surface area contributed by atoms with Gasteiger partial charge in [-0.1, -0.05) is 12.1 Å². The van der Waals surface area contributed by atoms with Crippen LogP contribution in [0.25, 0.3) is 27.4 Å². The molecule has 20 heteroatoms. The van der Waals surface area contributed by atoms with Gasteiger partial charge in [0.2, 0.25) is 17.7 Å². The van der Waals surface area contributed by atoms with Gasteiger partial charge in [0.05, 0.1) is 74.6 Å². The normalized spacial score (nSPS) is 15.7. The predicted octanol–water partition coefficient (Wildman–Crippen LogP) is 4.74. The van der Waals surface area contributed by atoms with Crippen LogP contribution in [0.15, 0.2) is 85.3 Å². The number of benzene rings is 3. The number of carbonyl (C=O) groups is 6. The third-order valence-electron chi connectivity index (χ3n) is 11.6. The van der Waals surface area contributed by atoms with Crippen LogP contribution in [0.2, 0.25) is 0 Å². The number of piperazine rings is 1. The number of aromatic nitrogens is 3. The number of methoxy groups -OCH3 is 1. The third-order valence-corrected chi connectivity index (χ3v) is 11.6. The van der Waals surface area contributed by atoms with Gasteiger partial charge in [-0.05, 0) is 66.6 Å². The summed E-state index contributed by atoms with van der Waals surface area (Å²) >= 11 is 0. The number of fused-ring (bicyclic) bond motifs is 1. The van der Waals surface area contributed by atoms with E-state index in [-0.39, 0.29) is 78.9 Å². The molecule has 348 valence electrons. The summed E-state index contributed by atoms with van der Waals surface area (Å²) in [6.07, 6.45) is 4.82. The quantitative estimate of drug-likeness (QED) is 0.0652. The summed E-state index contributed by atoms with van der Waals surface area (Å²) < 4.78 is 31.6. The molecule has 5 aromatic rings. The highest BCUT2D eigenvalue weighted by molar-refractivity contribution is 6.23. The molecule has 0 bridgehead atoms. The third kappa shape index (κ3) is 10.1. The number of ether oxygens (including phenoxy) is 3. The maximum absolute atomic E-state index is 14.9. The Morgan fingerprint density at radius 3 is 2.47 bits per heavy atom. The lowest BCUT2D eigenvalue weighted by Crippen LogP contribution is -2.54. The van der Waals surface area contributed by atoms with E-state index in [0.29, 0.717) is 73.2 Å². The fourth-order valence-corrected chi connectivity index (χ4v) is 8.14. The highest BCUT2D eigenvalue weighted by Gasteiger charge is 2.44. The van der Waals surface area contributed by atoms with Gasteiger partial charge in [-0.3, -0.25) is 44.0 Å². The summed E-state index contributed by atoms with van der Waals surface area (Å²) in [4.78, 5) is 98.1. The average molecular weight is 925 g/mol. The summed E-state index contributed by atoms with van der Waals surface area (Å²) in [6.45, 7) is 10.8. The minimum atomic E-state index is -1.04. The molecule has 2 aromatic heterocycles. The predicted molar refractivity (Wildman–Crippen MR) is 245 cm³/mol. The second-order valence-corrected chi connectivity index (χ2v) is 15.8. The number of halogens is 1. The number of hydrogen-bond donors (Lipinski definition) is 3. The van der Waals surface area contributed by atoms with E-state index in [1.54, 1.807) is 53.7 Å². The smallest absolute Gasteiger partial charge is 0.274 e. The average Bonchev–Trinajstić information content (AvgIpc) is 3.60. The van der Waals surface area contributed by atoms with Crippen molar-refractivity contribution in [1.29, 1.82) is 0 Å². The molecule has 3 aromatic carbocycles. The van der Waals surface area contributed by atoms with Crippen LogP contribution >= 0.6 is 0 Å². The Morgan fingerprint density at radius 1 is 0.897 bits per heavy atom. The number of anilines is 3. The Balaban J connectivity index is 0.803. The molecule has 1 unspecified atom stereocenters. The van der Waals surface area contributed by atoms with Gasteiger partial charge in [0.1, 0.15) is 23.3 Å². The first kappa shape index (κ1) is 46.4. The van der Waals surface area contributed by atoms with Crippen LogP contribution in [0.3, 0.4) is 0 Å². The number of piperidine rings is 1. The van der Waals surface area contributed by atoms with Crippen molar-refractivity contribution < 1.29 is 47.4 Å². The van der Waals surface area contributed by atoms with Crippen molar-refractivity contribution in [2.24, 2.45) is 0 Å². The summed E-state index contributed by atoms with van der Waals surface area (Å²) in [7, 11) is 1.40. The van der Waals surface area contributed by atoms with Crippen molar-refractivity contribution >= 4 is 58.2 Å². The Bertz CT molecular complexity index is 2830. The second kappa shape index (κ2) is 21.0. The molecule has 8 rings (SSSR count). The van der Waals surface area contributed by atoms with E-state index in [9.17, 15) is 33.2 Å². The van der Waals surface area contributed by atoms with Crippen molar-refractivity contribution in [2.75, 3.05) is 81.8 Å². The summed E-state index contributed by atoms with van der Waals surface area (Å²) in [5.41, 5.74) is 3.83. The largest absolute Gasteiger partial charge is 0.496 e. The number of nitrogens with zero attached hydrogens (tertiary/aromatic N) is 7. The molecule has 1 atom stereocenters. The van der Waals surface area contributed by atoms with Gasteiger partial charge in [-0.2, -0.15) is 0 Å². The van der Waals surface area contributed by atoms with Crippen molar-refractivity contribution in [1.82, 2.24) is 30.1 Å². The lowest BCUT2D eigenvalue weighted by molar-refractivity contribution is -0.136. The van der Waals surface area contributed by atoms with Gasteiger partial charge in [0.15, 0.2) is 11.5 Å². The lowest BCUT2D eigenvalue weighted by atomic mass is 10.0. The first-order chi connectivity index (χ1) is 33.0. The van der Waals surface area contributed by atoms with Gasteiger partial charge < -0.3 is 34.6 Å². The van der Waals surface area contributed by atoms with E-state index in [1.807, 2.05) is 6.07 Å². The van der Waals surface area contributed by atoms with E-state index in [2.05, 4.69) is 40.6 Å². The first-order valence-corrected chi connectivity index (χ1v) is 21.8. The Labute approximate surface area is 389 Å². The van der Waals surface area contributed by atoms with E-state index >= 15 is 0 Å². The highest BCUT2D eigenvalue weighted by Crippen LogP contribution is 2.37. The fraction of sp³-hybridized carbons (Fsp3) is 0.292. The van der Waals surface area contributed by atoms with E-state index in [1.165, 1.54) is 37.6 Å². The van der Waals surface area contributed by atoms with Crippen LogP contribution in [0.5, 0.6) is 5.75 Å². The molecule has 3 N–H and O–H groups in total. The van der Waals surface area contributed by atoms with Crippen LogP contribution in [0.4, 0.5) is 27.1 Å². The molecule has 3 aliphatic rings. The van der Waals surface area contributed by atoms with Crippen LogP contribution in [-0.4, -0.2) is 132 Å². The molecule has 6 amide bonds. The zero-order valence-corrected chi connectivity index (χ0v) is 36.8. The molecule has 0 saturated carbocycles. The van der Waals surface area contributed by atoms with Gasteiger partial charge >= 0.3 is 0 Å². The van der Waals surface area contributed by atoms with Gasteiger partial charge in [-0.25, -0.2) is 19.2 Å². The first-order valence-electron chi connectivity index (χ1n) is 21.8. The van der Waals surface area contributed by atoms with E-state index in [0.717, 1.165) is 4.90 Å². The zero-order chi connectivity index (χ0) is 47.7. The van der Waals surface area contributed by atoms with Crippen molar-refractivity contribution in [3.63, 3.8) is 0 Å². The molecule has 2 saturated heterocycles. The topological polar surface area (TPSA) is 219 Å². The van der Waals surface area contributed by atoms with Crippen LogP contribution < -0.4 is 25.6 Å². The van der Waals surface area contributed by atoms with E-state index in [4.69, 9.17) is 20.8 Å². The molecule has 0 aliphatic carbocycles. The molecular weight excluding hydrogens is 880 g/mol. The van der Waals surface area contributed by atoms with Crippen LogP contribution in [0, 0.1) is 12.4 Å². The number of rotatable bonds is 17. The van der Waals surface area contributed by atoms with Crippen molar-refractivity contribution in [3.8, 4) is 28.3 Å². The molecular formula is C48H45FN10O9. The highest BCUT2D eigenvalue weighted by atomic mass is 19.1. The SMILES string of the molecule is [C-]#[N+]c1ccncc1-c1ccc(NC(=O)c2ccnc(-c3c(F)cccc3OC)n2)c(N2CCN(C(=O)CCOCCOCCNc3ccc4c(c3)C(=O)N(C3CCC(=O)NC3=O)C4=O)CC2)c1. The number of amides is 6. The molecule has 5 heterocycles. The number of hydrogen-bond acceptors (Lipinski definition) is 14. The summed E-state index contributed by atoms with van der Waals surface area (Å²) in [5, 5.41) is 8.29. The molecule has 3 aliphatic heterocycles. The number of carbonyl (C=O) groups excluding carboxylic acids is 6. The minimum Gasteiger partial charge on any atom is -0.496 e.